The second-order valence-electron chi connectivity index (χ2n) is 2.21. The van der Waals surface area contributed by atoms with Gasteiger partial charge in [0.1, 0.15) is 12.0 Å². The highest BCUT2D eigenvalue weighted by Crippen LogP contribution is 2.14. The van der Waals surface area contributed by atoms with E-state index in [1.165, 1.54) is 12.5 Å². The van der Waals surface area contributed by atoms with Crippen molar-refractivity contribution in [2.75, 3.05) is 18.9 Å². The number of hydrogen-bond donors (Lipinski definition) is 2. The molecule has 12 heavy (non-hydrogen) atoms. The Morgan fingerprint density at radius 2 is 2.42 bits per heavy atom. The van der Waals surface area contributed by atoms with Gasteiger partial charge in [-0.2, -0.15) is 0 Å². The third-order valence-corrected chi connectivity index (χ3v) is 1.24. The molecule has 0 atom stereocenters. The fraction of sp³-hybridized carbons (Fsp3) is 0.429. The van der Waals surface area contributed by atoms with Crippen LogP contribution in [0.2, 0.25) is 0 Å². The van der Waals surface area contributed by atoms with E-state index in [0.717, 1.165) is 0 Å². The lowest BCUT2D eigenvalue weighted by atomic mass is 10.5. The first-order valence-electron chi connectivity index (χ1n) is 3.63. The first-order chi connectivity index (χ1) is 5.84. The molecule has 0 saturated carbocycles. The first kappa shape index (κ1) is 8.73. The molecule has 0 aromatic carbocycles. The quantitative estimate of drug-likeness (QED) is 0.611. The summed E-state index contributed by atoms with van der Waals surface area (Å²) < 4.78 is 5.14. The molecule has 0 aliphatic carbocycles. The van der Waals surface area contributed by atoms with E-state index < -0.39 is 0 Å². The summed E-state index contributed by atoms with van der Waals surface area (Å²) in [4.78, 5) is 7.52. The van der Waals surface area contributed by atoms with Gasteiger partial charge in [-0.25, -0.2) is 9.97 Å². The molecule has 0 bridgehead atoms. The van der Waals surface area contributed by atoms with E-state index in [1.807, 2.05) is 0 Å². The Hall–Kier alpha value is -1.36. The number of hydrogen-bond acceptors (Lipinski definition) is 5. The van der Waals surface area contributed by atoms with Crippen molar-refractivity contribution < 1.29 is 9.84 Å². The zero-order valence-corrected chi connectivity index (χ0v) is 6.60. The van der Waals surface area contributed by atoms with Crippen LogP contribution in [0, 0.1) is 0 Å². The molecule has 5 heteroatoms. The highest BCUT2D eigenvalue weighted by molar-refractivity contribution is 5.44. The highest BCUT2D eigenvalue weighted by atomic mass is 16.5. The number of rotatable bonds is 4. The van der Waals surface area contributed by atoms with Crippen LogP contribution in [0.25, 0.3) is 0 Å². The molecule has 1 aromatic heterocycles. The molecule has 5 nitrogen and oxygen atoms in total. The third-order valence-electron chi connectivity index (χ3n) is 1.24. The van der Waals surface area contributed by atoms with Gasteiger partial charge < -0.3 is 15.6 Å². The molecular formula is C7H11N3O2. The molecule has 0 unspecified atom stereocenters. The van der Waals surface area contributed by atoms with Gasteiger partial charge in [-0.15, -0.1) is 0 Å². The Morgan fingerprint density at radius 3 is 3.08 bits per heavy atom. The van der Waals surface area contributed by atoms with Crippen LogP contribution in [0.3, 0.4) is 0 Å². The molecule has 0 spiro atoms. The molecule has 0 saturated heterocycles. The second kappa shape index (κ2) is 4.50. The fourth-order valence-corrected chi connectivity index (χ4v) is 0.683. The van der Waals surface area contributed by atoms with Crippen LogP contribution in [-0.4, -0.2) is 28.3 Å². The van der Waals surface area contributed by atoms with Crippen molar-refractivity contribution >= 4 is 5.69 Å². The molecule has 0 radical (unpaired) electrons. The van der Waals surface area contributed by atoms with Crippen molar-refractivity contribution in [3.8, 4) is 5.88 Å². The van der Waals surface area contributed by atoms with Crippen molar-refractivity contribution in [1.82, 2.24) is 9.97 Å². The molecule has 66 valence electrons. The van der Waals surface area contributed by atoms with E-state index in [1.54, 1.807) is 0 Å². The lowest BCUT2D eigenvalue weighted by molar-refractivity contribution is 0.230. The Bertz CT molecular complexity index is 242. The van der Waals surface area contributed by atoms with Gasteiger partial charge in [0, 0.05) is 13.0 Å². The van der Waals surface area contributed by atoms with E-state index in [0.29, 0.717) is 24.6 Å². The molecular weight excluding hydrogens is 158 g/mol. The van der Waals surface area contributed by atoms with Crippen molar-refractivity contribution in [2.45, 2.75) is 6.42 Å². The minimum absolute atomic E-state index is 0.102. The SMILES string of the molecule is Nc1cncnc1OCCCO. The van der Waals surface area contributed by atoms with Gasteiger partial charge in [0.25, 0.3) is 0 Å². The first-order valence-corrected chi connectivity index (χ1v) is 3.63. The number of aliphatic hydroxyl groups excluding tert-OH is 1. The van der Waals surface area contributed by atoms with Crippen LogP contribution in [0.5, 0.6) is 5.88 Å². The number of nitrogens with two attached hydrogens (primary N) is 1. The number of nitrogen functional groups attached to an aromatic ring is 1. The molecule has 0 aliphatic heterocycles. The van der Waals surface area contributed by atoms with E-state index in [4.69, 9.17) is 15.6 Å². The Morgan fingerprint density at radius 1 is 1.58 bits per heavy atom. The largest absolute Gasteiger partial charge is 0.476 e. The maximum Gasteiger partial charge on any atom is 0.240 e. The summed E-state index contributed by atoms with van der Waals surface area (Å²) >= 11 is 0. The topological polar surface area (TPSA) is 81.3 Å². The molecule has 1 rings (SSSR count). The van der Waals surface area contributed by atoms with Crippen molar-refractivity contribution in [1.29, 1.82) is 0 Å². The molecule has 0 aliphatic rings. The predicted molar refractivity (Wildman–Crippen MR) is 43.6 cm³/mol. The van der Waals surface area contributed by atoms with Gasteiger partial charge >= 0.3 is 0 Å². The third kappa shape index (κ3) is 2.35. The summed E-state index contributed by atoms with van der Waals surface area (Å²) in [6.07, 6.45) is 3.41. The van der Waals surface area contributed by atoms with Crippen molar-refractivity contribution in [3.05, 3.63) is 12.5 Å². The summed E-state index contributed by atoms with van der Waals surface area (Å²) in [7, 11) is 0. The lowest BCUT2D eigenvalue weighted by Gasteiger charge is -2.04. The van der Waals surface area contributed by atoms with E-state index in [2.05, 4.69) is 9.97 Å². The van der Waals surface area contributed by atoms with Crippen LogP contribution < -0.4 is 10.5 Å². The zero-order valence-electron chi connectivity index (χ0n) is 6.60. The molecule has 3 N–H and O–H groups in total. The van der Waals surface area contributed by atoms with Gasteiger partial charge in [0.05, 0.1) is 12.8 Å². The van der Waals surface area contributed by atoms with Crippen LogP contribution in [-0.2, 0) is 0 Å². The number of aromatic nitrogens is 2. The van der Waals surface area contributed by atoms with E-state index >= 15 is 0 Å². The number of anilines is 1. The minimum atomic E-state index is 0.102. The maximum absolute atomic E-state index is 8.47. The number of ether oxygens (including phenoxy) is 1. The fourth-order valence-electron chi connectivity index (χ4n) is 0.683. The molecule has 0 fully saturated rings. The number of aliphatic hydroxyl groups is 1. The van der Waals surface area contributed by atoms with Crippen LogP contribution in [0.4, 0.5) is 5.69 Å². The van der Waals surface area contributed by atoms with E-state index in [-0.39, 0.29) is 6.61 Å². The van der Waals surface area contributed by atoms with Gasteiger partial charge in [0.2, 0.25) is 5.88 Å². The minimum Gasteiger partial charge on any atom is -0.476 e. The van der Waals surface area contributed by atoms with Gasteiger partial charge in [0.15, 0.2) is 0 Å². The molecule has 1 aromatic rings. The van der Waals surface area contributed by atoms with Gasteiger partial charge in [-0.3, -0.25) is 0 Å². The predicted octanol–water partition coefficient (Wildman–Crippen LogP) is -0.180. The zero-order chi connectivity index (χ0) is 8.81. The van der Waals surface area contributed by atoms with Crippen LogP contribution in [0.1, 0.15) is 6.42 Å². The molecule has 0 amide bonds. The summed E-state index contributed by atoms with van der Waals surface area (Å²) in [5, 5.41) is 8.47. The van der Waals surface area contributed by atoms with Gasteiger partial charge in [-0.05, 0) is 0 Å². The summed E-state index contributed by atoms with van der Waals surface area (Å²) in [5.41, 5.74) is 5.90. The summed E-state index contributed by atoms with van der Waals surface area (Å²) in [5.74, 6) is 0.374. The van der Waals surface area contributed by atoms with Crippen molar-refractivity contribution in [3.63, 3.8) is 0 Å². The highest BCUT2D eigenvalue weighted by Gasteiger charge is 1.99. The van der Waals surface area contributed by atoms with Crippen LogP contribution >= 0.6 is 0 Å². The average Bonchev–Trinajstić information content (AvgIpc) is 2.09. The van der Waals surface area contributed by atoms with Gasteiger partial charge in [-0.1, -0.05) is 0 Å². The second-order valence-corrected chi connectivity index (χ2v) is 2.21. The Kier molecular flexibility index (Phi) is 3.28. The maximum atomic E-state index is 8.47. The summed E-state index contributed by atoms with van der Waals surface area (Å²) in [6, 6.07) is 0. The normalized spacial score (nSPS) is 9.75. The summed E-state index contributed by atoms with van der Waals surface area (Å²) in [6.45, 7) is 0.517. The van der Waals surface area contributed by atoms with Crippen molar-refractivity contribution in [2.24, 2.45) is 0 Å². The van der Waals surface area contributed by atoms with Crippen LogP contribution in [0.15, 0.2) is 12.5 Å². The number of nitrogens with zero attached hydrogens (tertiary/aromatic N) is 2. The Balaban J connectivity index is 2.46. The molecule has 1 heterocycles. The lowest BCUT2D eigenvalue weighted by Crippen LogP contribution is -2.03. The monoisotopic (exact) mass is 169 g/mol. The average molecular weight is 169 g/mol. The standard InChI is InChI=1S/C7H11N3O2/c8-6-4-9-5-10-7(6)12-3-1-2-11/h4-5,11H,1-3,8H2. The van der Waals surface area contributed by atoms with E-state index in [9.17, 15) is 0 Å². The Labute approximate surface area is 70.2 Å². The smallest absolute Gasteiger partial charge is 0.240 e.